The van der Waals surface area contributed by atoms with Gasteiger partial charge in [-0.05, 0) is 30.2 Å². The Morgan fingerprint density at radius 3 is 3.05 bits per heavy atom. The highest BCUT2D eigenvalue weighted by molar-refractivity contribution is 7.20. The Bertz CT molecular complexity index is 576. The Hall–Kier alpha value is -1.20. The van der Waals surface area contributed by atoms with E-state index < -0.39 is 0 Å². The molecule has 2 aromatic rings. The molecule has 1 saturated carbocycles. The van der Waals surface area contributed by atoms with E-state index in [0.29, 0.717) is 17.7 Å². The van der Waals surface area contributed by atoms with Gasteiger partial charge in [0.15, 0.2) is 0 Å². The normalized spacial score (nSPS) is 22.6. The molecule has 1 fully saturated rings. The molecule has 0 aromatic carbocycles. The van der Waals surface area contributed by atoms with E-state index in [1.807, 2.05) is 22.9 Å². The maximum absolute atomic E-state index is 12.2. The first kappa shape index (κ1) is 13.8. The van der Waals surface area contributed by atoms with Crippen LogP contribution in [0, 0.1) is 5.92 Å². The summed E-state index contributed by atoms with van der Waals surface area (Å²) in [5.41, 5.74) is 0.552. The molecule has 3 rings (SSSR count). The van der Waals surface area contributed by atoms with Gasteiger partial charge in [-0.2, -0.15) is 0 Å². The average molecular weight is 306 g/mol. The van der Waals surface area contributed by atoms with E-state index in [1.54, 1.807) is 11.3 Å². The molecule has 0 saturated heterocycles. The number of hydrogen-bond acceptors (Lipinski definition) is 4. The van der Waals surface area contributed by atoms with Crippen LogP contribution in [0.15, 0.2) is 22.9 Å². The third-order valence-corrected chi connectivity index (χ3v) is 5.62. The van der Waals surface area contributed by atoms with Crippen LogP contribution in [0.2, 0.25) is 0 Å². The Labute approximate surface area is 127 Å². The summed E-state index contributed by atoms with van der Waals surface area (Å²) in [5, 5.41) is 7.95. The van der Waals surface area contributed by atoms with Crippen molar-refractivity contribution in [2.24, 2.45) is 5.92 Å². The molecule has 1 aliphatic rings. The first-order valence-electron chi connectivity index (χ1n) is 7.02. The molecule has 2 atom stereocenters. The van der Waals surface area contributed by atoms with Gasteiger partial charge in [-0.15, -0.1) is 22.7 Å². The minimum absolute atomic E-state index is 0.0249. The summed E-state index contributed by atoms with van der Waals surface area (Å²) in [6, 6.07) is 4.36. The topological polar surface area (TPSA) is 42.0 Å². The van der Waals surface area contributed by atoms with E-state index in [4.69, 9.17) is 0 Å². The number of aromatic nitrogens is 1. The van der Waals surface area contributed by atoms with E-state index >= 15 is 0 Å². The quantitative estimate of drug-likeness (QED) is 0.924. The Morgan fingerprint density at radius 2 is 2.30 bits per heavy atom. The summed E-state index contributed by atoms with van der Waals surface area (Å²) in [6.45, 7) is 2.26. The zero-order valence-corrected chi connectivity index (χ0v) is 13.1. The van der Waals surface area contributed by atoms with Gasteiger partial charge in [0.1, 0.15) is 10.7 Å². The lowest BCUT2D eigenvalue weighted by Gasteiger charge is -2.27. The van der Waals surface area contributed by atoms with Crippen molar-refractivity contribution in [3.63, 3.8) is 0 Å². The zero-order chi connectivity index (χ0) is 13.9. The predicted molar refractivity (Wildman–Crippen MR) is 84.3 cm³/mol. The fraction of sp³-hybridized carbons (Fsp3) is 0.467. The number of nitrogens with one attached hydrogen (secondary N) is 1. The smallest absolute Gasteiger partial charge is 0.270 e. The number of hydrogen-bond donors (Lipinski definition) is 1. The number of amides is 1. The van der Waals surface area contributed by atoms with Gasteiger partial charge in [-0.25, -0.2) is 4.98 Å². The molecule has 2 unspecified atom stereocenters. The van der Waals surface area contributed by atoms with E-state index in [2.05, 4.69) is 17.2 Å². The largest absolute Gasteiger partial charge is 0.348 e. The first-order valence-corrected chi connectivity index (χ1v) is 8.78. The van der Waals surface area contributed by atoms with Gasteiger partial charge in [-0.1, -0.05) is 25.8 Å². The Morgan fingerprint density at radius 1 is 1.40 bits per heavy atom. The maximum atomic E-state index is 12.2. The molecule has 5 heteroatoms. The number of carbonyl (C=O) groups is 1. The number of rotatable bonds is 3. The zero-order valence-electron chi connectivity index (χ0n) is 11.5. The van der Waals surface area contributed by atoms with Crippen LogP contribution < -0.4 is 5.32 Å². The molecule has 2 aromatic heterocycles. The van der Waals surface area contributed by atoms with Crippen molar-refractivity contribution >= 4 is 28.6 Å². The lowest BCUT2D eigenvalue weighted by molar-refractivity contribution is 0.0917. The predicted octanol–water partition coefficient (Wildman–Crippen LogP) is 4.18. The van der Waals surface area contributed by atoms with E-state index in [1.165, 1.54) is 24.2 Å². The SMILES string of the molecule is CC1CCCC(NC(=O)c2csc(-c3cccs3)n2)C1. The van der Waals surface area contributed by atoms with Gasteiger partial charge in [0.2, 0.25) is 0 Å². The van der Waals surface area contributed by atoms with Crippen LogP contribution in [0.25, 0.3) is 9.88 Å². The van der Waals surface area contributed by atoms with Crippen LogP contribution >= 0.6 is 22.7 Å². The highest BCUT2D eigenvalue weighted by Gasteiger charge is 2.22. The highest BCUT2D eigenvalue weighted by Crippen LogP contribution is 2.28. The molecule has 2 heterocycles. The van der Waals surface area contributed by atoms with Crippen molar-refractivity contribution in [3.8, 4) is 9.88 Å². The summed E-state index contributed by atoms with van der Waals surface area (Å²) < 4.78 is 0. The summed E-state index contributed by atoms with van der Waals surface area (Å²) in [7, 11) is 0. The van der Waals surface area contributed by atoms with E-state index in [0.717, 1.165) is 22.7 Å². The molecule has 20 heavy (non-hydrogen) atoms. The van der Waals surface area contributed by atoms with Gasteiger partial charge in [0, 0.05) is 11.4 Å². The van der Waals surface area contributed by atoms with Crippen LogP contribution in [-0.4, -0.2) is 16.9 Å². The Kier molecular flexibility index (Phi) is 4.17. The molecule has 3 nitrogen and oxygen atoms in total. The second-order valence-electron chi connectivity index (χ2n) is 5.46. The molecule has 0 radical (unpaired) electrons. The van der Waals surface area contributed by atoms with Gasteiger partial charge >= 0.3 is 0 Å². The Balaban J connectivity index is 1.65. The lowest BCUT2D eigenvalue weighted by atomic mass is 9.87. The van der Waals surface area contributed by atoms with Crippen molar-refractivity contribution in [2.75, 3.05) is 0 Å². The van der Waals surface area contributed by atoms with Gasteiger partial charge in [-0.3, -0.25) is 4.79 Å². The van der Waals surface area contributed by atoms with Crippen molar-refractivity contribution in [1.82, 2.24) is 10.3 Å². The van der Waals surface area contributed by atoms with Crippen molar-refractivity contribution < 1.29 is 4.79 Å². The summed E-state index contributed by atoms with van der Waals surface area (Å²) in [6.07, 6.45) is 4.68. The van der Waals surface area contributed by atoms with Crippen LogP contribution in [-0.2, 0) is 0 Å². The number of thiophene rings is 1. The first-order chi connectivity index (χ1) is 9.72. The third kappa shape index (κ3) is 3.10. The second kappa shape index (κ2) is 6.06. The second-order valence-corrected chi connectivity index (χ2v) is 7.26. The summed E-state index contributed by atoms with van der Waals surface area (Å²) >= 11 is 3.19. The van der Waals surface area contributed by atoms with Crippen molar-refractivity contribution in [3.05, 3.63) is 28.6 Å². The molecule has 1 aliphatic carbocycles. The van der Waals surface area contributed by atoms with Gasteiger partial charge in [0.25, 0.3) is 5.91 Å². The fourth-order valence-electron chi connectivity index (χ4n) is 2.72. The van der Waals surface area contributed by atoms with Crippen LogP contribution in [0.4, 0.5) is 0 Å². The third-order valence-electron chi connectivity index (χ3n) is 3.74. The standard InChI is InChI=1S/C15H18N2OS2/c1-10-4-2-5-11(8-10)16-14(18)12-9-20-15(17-12)13-6-3-7-19-13/h3,6-7,9-11H,2,4-5,8H2,1H3,(H,16,18). The molecular formula is C15H18N2OS2. The number of carbonyl (C=O) groups excluding carboxylic acids is 1. The van der Waals surface area contributed by atoms with E-state index in [9.17, 15) is 4.79 Å². The van der Waals surface area contributed by atoms with Crippen LogP contribution in [0.5, 0.6) is 0 Å². The molecule has 106 valence electrons. The van der Waals surface area contributed by atoms with E-state index in [-0.39, 0.29) is 5.91 Å². The van der Waals surface area contributed by atoms with Gasteiger partial charge in [0.05, 0.1) is 4.88 Å². The minimum Gasteiger partial charge on any atom is -0.348 e. The fourth-order valence-corrected chi connectivity index (χ4v) is 4.33. The summed E-state index contributed by atoms with van der Waals surface area (Å²) in [5.74, 6) is 0.689. The minimum atomic E-state index is -0.0249. The van der Waals surface area contributed by atoms with Crippen molar-refractivity contribution in [1.29, 1.82) is 0 Å². The molecule has 0 aliphatic heterocycles. The molecular weight excluding hydrogens is 288 g/mol. The molecule has 1 amide bonds. The molecule has 0 spiro atoms. The van der Waals surface area contributed by atoms with Crippen molar-refractivity contribution in [2.45, 2.75) is 38.6 Å². The highest BCUT2D eigenvalue weighted by atomic mass is 32.1. The summed E-state index contributed by atoms with van der Waals surface area (Å²) in [4.78, 5) is 17.8. The monoisotopic (exact) mass is 306 g/mol. The maximum Gasteiger partial charge on any atom is 0.270 e. The van der Waals surface area contributed by atoms with Crippen LogP contribution in [0.1, 0.15) is 43.1 Å². The molecule has 1 N–H and O–H groups in total. The average Bonchev–Trinajstić information content (AvgIpc) is 3.10. The van der Waals surface area contributed by atoms with Crippen LogP contribution in [0.3, 0.4) is 0 Å². The van der Waals surface area contributed by atoms with Gasteiger partial charge < -0.3 is 5.32 Å². The lowest BCUT2D eigenvalue weighted by Crippen LogP contribution is -2.38. The number of thiazole rings is 1. The molecule has 0 bridgehead atoms. The number of nitrogens with zero attached hydrogens (tertiary/aromatic N) is 1.